The molecule has 0 aromatic heterocycles. The van der Waals surface area contributed by atoms with Crippen LogP contribution in [0.15, 0.2) is 76.0 Å². The molecule has 0 radical (unpaired) electrons. The topological polar surface area (TPSA) is 20.3 Å². The summed E-state index contributed by atoms with van der Waals surface area (Å²) >= 11 is 1.56. The molecule has 2 nitrogen and oxygen atoms in total. The maximum absolute atomic E-state index is 11.8. The largest absolute Gasteiger partial charge is 0.303 e. The van der Waals surface area contributed by atoms with Crippen molar-refractivity contribution in [2.24, 2.45) is 0 Å². The van der Waals surface area contributed by atoms with Crippen molar-refractivity contribution >= 4 is 17.5 Å². The smallest absolute Gasteiger partial charge is 0.166 e. The number of nitrogens with zero attached hydrogens (tertiary/aromatic N) is 1. The van der Waals surface area contributed by atoms with E-state index in [2.05, 4.69) is 37.9 Å². The van der Waals surface area contributed by atoms with Crippen molar-refractivity contribution in [1.29, 1.82) is 0 Å². The van der Waals surface area contributed by atoms with Gasteiger partial charge in [-0.05, 0) is 52.1 Å². The van der Waals surface area contributed by atoms with E-state index in [9.17, 15) is 4.79 Å². The van der Waals surface area contributed by atoms with Crippen LogP contribution in [0.2, 0.25) is 0 Å². The van der Waals surface area contributed by atoms with E-state index in [1.807, 2.05) is 55.5 Å². The minimum absolute atomic E-state index is 0.144. The Bertz CT molecular complexity index is 665. The third kappa shape index (κ3) is 8.71. The third-order valence-electron chi connectivity index (χ3n) is 3.66. The van der Waals surface area contributed by atoms with E-state index in [-0.39, 0.29) is 5.78 Å². The Morgan fingerprint density at radius 2 is 1.48 bits per heavy atom. The zero-order valence-corrected chi connectivity index (χ0v) is 16.8. The normalized spacial score (nSPS) is 11.4. The van der Waals surface area contributed by atoms with Gasteiger partial charge in [0.2, 0.25) is 0 Å². The molecule has 0 fully saturated rings. The van der Waals surface area contributed by atoms with E-state index in [4.69, 9.17) is 0 Å². The zero-order valence-electron chi connectivity index (χ0n) is 16.0. The molecule has 2 aromatic carbocycles. The van der Waals surface area contributed by atoms with Gasteiger partial charge in [0.15, 0.2) is 5.78 Å². The number of allylic oxidation sites excluding steroid dienone is 1. The lowest BCUT2D eigenvalue weighted by Crippen LogP contribution is -2.20. The van der Waals surface area contributed by atoms with Gasteiger partial charge < -0.3 is 4.90 Å². The predicted octanol–water partition coefficient (Wildman–Crippen LogP) is 5.59. The molecule has 0 atom stereocenters. The van der Waals surface area contributed by atoms with Crippen molar-refractivity contribution < 1.29 is 4.79 Å². The summed E-state index contributed by atoms with van der Waals surface area (Å²) in [6.07, 6.45) is 0. The Balaban J connectivity index is 0.000000370. The van der Waals surface area contributed by atoms with Crippen molar-refractivity contribution in [2.45, 2.75) is 32.6 Å². The highest BCUT2D eigenvalue weighted by atomic mass is 32.2. The first-order valence-corrected chi connectivity index (χ1v) is 9.39. The van der Waals surface area contributed by atoms with E-state index < -0.39 is 0 Å². The summed E-state index contributed by atoms with van der Waals surface area (Å²) in [7, 11) is 2.06. The lowest BCUT2D eigenvalue weighted by Gasteiger charge is -2.16. The highest BCUT2D eigenvalue weighted by molar-refractivity contribution is 8.04. The first-order valence-electron chi connectivity index (χ1n) is 8.57. The van der Waals surface area contributed by atoms with Gasteiger partial charge in [0.1, 0.15) is 0 Å². The van der Waals surface area contributed by atoms with Gasteiger partial charge in [-0.25, -0.2) is 0 Å². The van der Waals surface area contributed by atoms with E-state index in [0.29, 0.717) is 0 Å². The number of thioether (sulfide) groups is 1. The Hall–Kier alpha value is -1.84. The van der Waals surface area contributed by atoms with Crippen molar-refractivity contribution in [1.82, 2.24) is 4.90 Å². The van der Waals surface area contributed by atoms with Crippen LogP contribution in [0.25, 0.3) is 0 Å². The molecule has 0 aliphatic carbocycles. The molecule has 0 unspecified atom stereocenters. The van der Waals surface area contributed by atoms with Crippen LogP contribution in [0.4, 0.5) is 0 Å². The molecule has 0 spiro atoms. The number of aryl methyl sites for hydroxylation is 1. The fourth-order valence-corrected chi connectivity index (χ4v) is 3.10. The first kappa shape index (κ1) is 21.2. The van der Waals surface area contributed by atoms with E-state index in [0.717, 1.165) is 28.5 Å². The van der Waals surface area contributed by atoms with Crippen LogP contribution in [0.3, 0.4) is 0 Å². The Morgan fingerprint density at radius 1 is 0.960 bits per heavy atom. The van der Waals surface area contributed by atoms with Crippen LogP contribution in [0.1, 0.15) is 26.3 Å². The third-order valence-corrected chi connectivity index (χ3v) is 5.01. The minimum atomic E-state index is 0.144. The first-order chi connectivity index (χ1) is 11.9. The Morgan fingerprint density at radius 3 is 1.88 bits per heavy atom. The summed E-state index contributed by atoms with van der Waals surface area (Å²) < 4.78 is 0. The second-order valence-corrected chi connectivity index (χ2v) is 7.15. The molecule has 0 saturated carbocycles. The number of ketones is 1. The number of likely N-dealkylation sites (N-methyl/N-ethyl adjacent to an activating group) is 1. The van der Waals surface area contributed by atoms with Gasteiger partial charge in [0, 0.05) is 11.4 Å². The predicted molar refractivity (Wildman–Crippen MR) is 110 cm³/mol. The van der Waals surface area contributed by atoms with Gasteiger partial charge in [-0.1, -0.05) is 72.8 Å². The summed E-state index contributed by atoms with van der Waals surface area (Å²) in [5, 5.41) is 0. The number of benzene rings is 2. The molecule has 0 heterocycles. The van der Waals surface area contributed by atoms with Crippen LogP contribution in [0, 0.1) is 6.92 Å². The molecule has 3 heteroatoms. The van der Waals surface area contributed by atoms with Gasteiger partial charge in [0.05, 0.1) is 4.91 Å². The monoisotopic (exact) mass is 355 g/mol. The second-order valence-electron chi connectivity index (χ2n) is 6.07. The van der Waals surface area contributed by atoms with Gasteiger partial charge in [-0.2, -0.15) is 0 Å². The second kappa shape index (κ2) is 11.7. The fourth-order valence-electron chi connectivity index (χ4n) is 2.19. The molecule has 0 N–H and O–H groups in total. The molecule has 25 heavy (non-hydrogen) atoms. The number of carbonyl (C=O) groups excluding carboxylic acids is 1. The minimum Gasteiger partial charge on any atom is -0.303 e. The molecule has 2 aromatic rings. The van der Waals surface area contributed by atoms with Crippen LogP contribution < -0.4 is 0 Å². The number of rotatable bonds is 6. The quantitative estimate of drug-likeness (QED) is 0.498. The maximum atomic E-state index is 11.8. The molecular weight excluding hydrogens is 326 g/mol. The van der Waals surface area contributed by atoms with E-state index in [1.54, 1.807) is 18.7 Å². The number of hydrogen-bond donors (Lipinski definition) is 0. The zero-order chi connectivity index (χ0) is 18.7. The molecule has 0 aliphatic rings. The lowest BCUT2D eigenvalue weighted by molar-refractivity contribution is -0.113. The summed E-state index contributed by atoms with van der Waals surface area (Å²) in [4.78, 5) is 15.9. The van der Waals surface area contributed by atoms with Crippen LogP contribution in [-0.2, 0) is 4.79 Å². The lowest BCUT2D eigenvalue weighted by atomic mass is 10.2. The number of Topliss-reactive ketones (excluding diaryl/α,β-unsaturated/α-hetero) is 1. The molecule has 0 amide bonds. The summed E-state index contributed by atoms with van der Waals surface area (Å²) in [6, 6.07) is 20.3. The van der Waals surface area contributed by atoms with E-state index >= 15 is 0 Å². The molecule has 0 aliphatic heterocycles. The summed E-state index contributed by atoms with van der Waals surface area (Å²) in [5.41, 5.74) is 2.46. The van der Waals surface area contributed by atoms with Crippen molar-refractivity contribution in [3.8, 4) is 0 Å². The molecule has 2 rings (SSSR count). The van der Waals surface area contributed by atoms with Crippen molar-refractivity contribution in [3.63, 3.8) is 0 Å². The Labute approximate surface area is 156 Å². The summed E-state index contributed by atoms with van der Waals surface area (Å²) in [6.45, 7) is 9.70. The highest BCUT2D eigenvalue weighted by Gasteiger charge is 2.11. The number of carbonyl (C=O) groups is 1. The fraction of sp³-hybridized carbons (Fsp3) is 0.318. The molecule has 0 bridgehead atoms. The van der Waals surface area contributed by atoms with Crippen LogP contribution in [-0.4, -0.2) is 30.8 Å². The molecular formula is C22H29NOS. The standard InChI is InChI=1S/C15H21NOS.C7H8/c1-5-16(4)11-12(2)15(13(3)17)18-14-9-7-6-8-10-14;1-7-5-3-2-4-6-7/h6-10H,5,11H2,1-4H3;2-6H,1H3/b15-12+;. The van der Waals surface area contributed by atoms with Crippen molar-refractivity contribution in [2.75, 3.05) is 20.1 Å². The van der Waals surface area contributed by atoms with Gasteiger partial charge in [0.25, 0.3) is 0 Å². The van der Waals surface area contributed by atoms with Gasteiger partial charge >= 0.3 is 0 Å². The SMILES string of the molecule is CCN(C)C/C(C)=C(/Sc1ccccc1)C(C)=O.Cc1ccccc1. The van der Waals surface area contributed by atoms with Crippen molar-refractivity contribution in [3.05, 3.63) is 76.7 Å². The van der Waals surface area contributed by atoms with Crippen LogP contribution >= 0.6 is 11.8 Å². The van der Waals surface area contributed by atoms with E-state index in [1.165, 1.54) is 5.56 Å². The highest BCUT2D eigenvalue weighted by Crippen LogP contribution is 2.29. The average molecular weight is 356 g/mol. The summed E-state index contributed by atoms with van der Waals surface area (Å²) in [5.74, 6) is 0.144. The average Bonchev–Trinajstić information content (AvgIpc) is 2.61. The van der Waals surface area contributed by atoms with Gasteiger partial charge in [-0.3, -0.25) is 4.79 Å². The number of hydrogen-bond acceptors (Lipinski definition) is 3. The van der Waals surface area contributed by atoms with Crippen LogP contribution in [0.5, 0.6) is 0 Å². The molecule has 0 saturated heterocycles. The maximum Gasteiger partial charge on any atom is 0.166 e. The van der Waals surface area contributed by atoms with Gasteiger partial charge in [-0.15, -0.1) is 0 Å². The molecule has 134 valence electrons. The Kier molecular flexibility index (Phi) is 9.90.